The molecule has 0 radical (unpaired) electrons. The van der Waals surface area contributed by atoms with Crippen LogP contribution in [0.3, 0.4) is 0 Å². The van der Waals surface area contributed by atoms with Gasteiger partial charge in [-0.25, -0.2) is 0 Å². The molecule has 1 aliphatic carbocycles. The molecule has 1 fully saturated rings. The number of nitrogens with zero attached hydrogens (tertiary/aromatic N) is 1. The smallest absolute Gasteiger partial charge is 0.0727 e. The van der Waals surface area contributed by atoms with Crippen LogP contribution < -0.4 is 5.73 Å². The van der Waals surface area contributed by atoms with E-state index in [0.717, 1.165) is 12.8 Å². The fourth-order valence-electron chi connectivity index (χ4n) is 1.72. The number of hydrogen-bond donors (Lipinski definition) is 1. The van der Waals surface area contributed by atoms with Gasteiger partial charge in [-0.05, 0) is 18.8 Å². The lowest BCUT2D eigenvalue weighted by Crippen LogP contribution is -2.48. The second kappa shape index (κ2) is 2.83. The van der Waals surface area contributed by atoms with Crippen molar-refractivity contribution in [1.82, 2.24) is 0 Å². The Labute approximate surface area is 68.4 Å². The van der Waals surface area contributed by atoms with Crippen molar-refractivity contribution in [3.05, 3.63) is 0 Å². The molecule has 0 aromatic carbocycles. The molecule has 1 atom stereocenters. The highest BCUT2D eigenvalue weighted by Crippen LogP contribution is 2.44. The second-order valence-corrected chi connectivity index (χ2v) is 3.89. The summed E-state index contributed by atoms with van der Waals surface area (Å²) in [6, 6.07) is 2.44. The monoisotopic (exact) mass is 152 g/mol. The van der Waals surface area contributed by atoms with Gasteiger partial charge in [-0.2, -0.15) is 5.26 Å². The molecule has 0 aliphatic heterocycles. The molecular weight excluding hydrogens is 136 g/mol. The Hall–Kier alpha value is -0.550. The molecule has 62 valence electrons. The van der Waals surface area contributed by atoms with Gasteiger partial charge in [0, 0.05) is 6.04 Å². The molecule has 1 rings (SSSR count). The van der Waals surface area contributed by atoms with Crippen LogP contribution in [0.4, 0.5) is 0 Å². The highest BCUT2D eigenvalue weighted by atomic mass is 14.7. The van der Waals surface area contributed by atoms with Crippen LogP contribution in [0.1, 0.15) is 33.1 Å². The van der Waals surface area contributed by atoms with Gasteiger partial charge in [0.05, 0.1) is 11.5 Å². The van der Waals surface area contributed by atoms with Crippen LogP contribution in [0.15, 0.2) is 0 Å². The largest absolute Gasteiger partial charge is 0.326 e. The molecule has 0 heterocycles. The summed E-state index contributed by atoms with van der Waals surface area (Å²) >= 11 is 0. The third-order valence-electron chi connectivity index (χ3n) is 2.82. The molecule has 2 N–H and O–H groups in total. The van der Waals surface area contributed by atoms with Crippen molar-refractivity contribution in [1.29, 1.82) is 5.26 Å². The maximum absolute atomic E-state index is 8.93. The van der Waals surface area contributed by atoms with E-state index in [1.165, 1.54) is 6.42 Å². The van der Waals surface area contributed by atoms with Crippen LogP contribution in [0.5, 0.6) is 0 Å². The van der Waals surface area contributed by atoms with Crippen molar-refractivity contribution >= 4 is 0 Å². The van der Waals surface area contributed by atoms with Crippen LogP contribution in [0.25, 0.3) is 0 Å². The number of rotatable bonds is 2. The van der Waals surface area contributed by atoms with Gasteiger partial charge >= 0.3 is 0 Å². The van der Waals surface area contributed by atoms with Gasteiger partial charge in [-0.3, -0.25) is 0 Å². The quantitative estimate of drug-likeness (QED) is 0.654. The normalized spacial score (nSPS) is 23.9. The lowest BCUT2D eigenvalue weighted by atomic mass is 9.63. The fraction of sp³-hybridized carbons (Fsp3) is 0.889. The molecule has 1 aliphatic rings. The summed E-state index contributed by atoms with van der Waals surface area (Å²) in [6.07, 6.45) is 3.18. The molecule has 1 saturated carbocycles. The van der Waals surface area contributed by atoms with Gasteiger partial charge < -0.3 is 5.73 Å². The van der Waals surface area contributed by atoms with E-state index in [9.17, 15) is 0 Å². The van der Waals surface area contributed by atoms with Crippen molar-refractivity contribution in [2.45, 2.75) is 39.2 Å². The molecule has 0 saturated heterocycles. The van der Waals surface area contributed by atoms with Gasteiger partial charge in [0.25, 0.3) is 0 Å². The van der Waals surface area contributed by atoms with E-state index in [2.05, 4.69) is 19.9 Å². The van der Waals surface area contributed by atoms with Crippen LogP contribution >= 0.6 is 0 Å². The SMILES string of the molecule is CC(C)C(N)C1(C#N)CCC1. The van der Waals surface area contributed by atoms with E-state index in [0.29, 0.717) is 5.92 Å². The summed E-state index contributed by atoms with van der Waals surface area (Å²) in [5, 5.41) is 8.93. The highest BCUT2D eigenvalue weighted by Gasteiger charge is 2.43. The summed E-state index contributed by atoms with van der Waals surface area (Å²) < 4.78 is 0. The van der Waals surface area contributed by atoms with E-state index in [1.54, 1.807) is 0 Å². The summed E-state index contributed by atoms with van der Waals surface area (Å²) in [5.41, 5.74) is 5.77. The van der Waals surface area contributed by atoms with E-state index >= 15 is 0 Å². The lowest BCUT2D eigenvalue weighted by molar-refractivity contribution is 0.139. The van der Waals surface area contributed by atoms with Gasteiger partial charge in [0.1, 0.15) is 0 Å². The zero-order valence-electron chi connectivity index (χ0n) is 7.30. The minimum Gasteiger partial charge on any atom is -0.326 e. The first-order chi connectivity index (χ1) is 5.12. The molecule has 0 amide bonds. The third-order valence-corrected chi connectivity index (χ3v) is 2.82. The van der Waals surface area contributed by atoms with Gasteiger partial charge in [0.15, 0.2) is 0 Å². The molecule has 0 aromatic rings. The minimum atomic E-state index is -0.172. The van der Waals surface area contributed by atoms with E-state index < -0.39 is 0 Å². The average Bonchev–Trinajstić information content (AvgIpc) is 1.86. The number of nitriles is 1. The molecule has 11 heavy (non-hydrogen) atoms. The highest BCUT2D eigenvalue weighted by molar-refractivity contribution is 5.10. The van der Waals surface area contributed by atoms with Crippen molar-refractivity contribution in [3.63, 3.8) is 0 Å². The number of hydrogen-bond acceptors (Lipinski definition) is 2. The first kappa shape index (κ1) is 8.55. The summed E-state index contributed by atoms with van der Waals surface area (Å²) in [7, 11) is 0. The Kier molecular flexibility index (Phi) is 2.20. The Morgan fingerprint density at radius 1 is 1.45 bits per heavy atom. The van der Waals surface area contributed by atoms with Gasteiger partial charge in [-0.15, -0.1) is 0 Å². The minimum absolute atomic E-state index is 0.0706. The summed E-state index contributed by atoms with van der Waals surface area (Å²) in [6.45, 7) is 4.17. The van der Waals surface area contributed by atoms with Crippen LogP contribution in [-0.4, -0.2) is 6.04 Å². The zero-order chi connectivity index (χ0) is 8.48. The van der Waals surface area contributed by atoms with E-state index in [4.69, 9.17) is 11.0 Å². The summed E-state index contributed by atoms with van der Waals surface area (Å²) in [5.74, 6) is 0.426. The maximum atomic E-state index is 8.93. The lowest BCUT2D eigenvalue weighted by Gasteiger charge is -2.42. The Bertz CT molecular complexity index is 174. The summed E-state index contributed by atoms with van der Waals surface area (Å²) in [4.78, 5) is 0. The topological polar surface area (TPSA) is 49.8 Å². The van der Waals surface area contributed by atoms with Crippen molar-refractivity contribution < 1.29 is 0 Å². The molecule has 1 unspecified atom stereocenters. The zero-order valence-corrected chi connectivity index (χ0v) is 7.30. The van der Waals surface area contributed by atoms with Crippen molar-refractivity contribution in [2.75, 3.05) is 0 Å². The van der Waals surface area contributed by atoms with E-state index in [1.807, 2.05) is 0 Å². The predicted octanol–water partition coefficient (Wildman–Crippen LogP) is 1.66. The standard InChI is InChI=1S/C9H16N2/c1-7(2)8(11)9(6-10)4-3-5-9/h7-8H,3-5,11H2,1-2H3. The Morgan fingerprint density at radius 2 is 2.00 bits per heavy atom. The van der Waals surface area contributed by atoms with Crippen molar-refractivity contribution in [2.24, 2.45) is 17.1 Å². The molecule has 0 aromatic heterocycles. The average molecular weight is 152 g/mol. The first-order valence-electron chi connectivity index (χ1n) is 4.29. The first-order valence-corrected chi connectivity index (χ1v) is 4.29. The third kappa shape index (κ3) is 1.25. The molecule has 2 heteroatoms. The van der Waals surface area contributed by atoms with Crippen molar-refractivity contribution in [3.8, 4) is 6.07 Å². The molecule has 0 spiro atoms. The number of nitrogens with two attached hydrogens (primary N) is 1. The molecule has 0 bridgehead atoms. The fourth-order valence-corrected chi connectivity index (χ4v) is 1.72. The van der Waals surface area contributed by atoms with Crippen LogP contribution in [0.2, 0.25) is 0 Å². The Balaban J connectivity index is 2.64. The predicted molar refractivity (Wildman–Crippen MR) is 44.7 cm³/mol. The van der Waals surface area contributed by atoms with Gasteiger partial charge in [-0.1, -0.05) is 20.3 Å². The van der Waals surface area contributed by atoms with Crippen LogP contribution in [-0.2, 0) is 0 Å². The molecule has 2 nitrogen and oxygen atoms in total. The van der Waals surface area contributed by atoms with E-state index in [-0.39, 0.29) is 11.5 Å². The van der Waals surface area contributed by atoms with Crippen LogP contribution in [0, 0.1) is 22.7 Å². The maximum Gasteiger partial charge on any atom is 0.0727 e. The Morgan fingerprint density at radius 3 is 2.09 bits per heavy atom. The molecular formula is C9H16N2. The van der Waals surface area contributed by atoms with Gasteiger partial charge in [0.2, 0.25) is 0 Å². The second-order valence-electron chi connectivity index (χ2n) is 3.89.